The Kier molecular flexibility index (Phi) is 6.64. The van der Waals surface area contributed by atoms with Crippen LogP contribution in [0.15, 0.2) is 0 Å². The lowest BCUT2D eigenvalue weighted by atomic mass is 10.3. The van der Waals surface area contributed by atoms with Gasteiger partial charge in [-0.1, -0.05) is 0 Å². The minimum atomic E-state index is -0.914. The van der Waals surface area contributed by atoms with Crippen LogP contribution in [-0.4, -0.2) is 36.9 Å². The third-order valence-corrected chi connectivity index (χ3v) is 1.34. The van der Waals surface area contributed by atoms with Crippen LogP contribution in [0.2, 0.25) is 0 Å². The van der Waals surface area contributed by atoms with Gasteiger partial charge in [-0.15, -0.1) is 0 Å². The van der Waals surface area contributed by atoms with E-state index in [1.807, 2.05) is 0 Å². The van der Waals surface area contributed by atoms with Crippen LogP contribution in [0.1, 0.15) is 12.8 Å². The monoisotopic (exact) mass is 176 g/mol. The molecule has 0 aliphatic carbocycles. The van der Waals surface area contributed by atoms with Gasteiger partial charge in [0.1, 0.15) is 6.04 Å². The molecule has 0 bridgehead atoms. The van der Waals surface area contributed by atoms with Gasteiger partial charge in [0.05, 0.1) is 13.2 Å². The Morgan fingerprint density at radius 3 is 2.67 bits per heavy atom. The van der Waals surface area contributed by atoms with E-state index in [9.17, 15) is 4.79 Å². The molecule has 0 radical (unpaired) electrons. The molecule has 0 aromatic heterocycles. The Labute approximate surface area is 71.7 Å². The molecule has 0 aliphatic heterocycles. The van der Waals surface area contributed by atoms with Crippen molar-refractivity contribution in [2.75, 3.05) is 19.8 Å². The highest BCUT2D eigenvalue weighted by Gasteiger charge is 2.12. The van der Waals surface area contributed by atoms with Crippen LogP contribution >= 0.6 is 0 Å². The Bertz CT molecular complexity index is 130. The lowest BCUT2D eigenvalue weighted by Gasteiger charge is -2.07. The van der Waals surface area contributed by atoms with E-state index in [2.05, 4.69) is 0 Å². The topological polar surface area (TPSA) is 98.6 Å². The normalized spacial score (nSPS) is 12.6. The van der Waals surface area contributed by atoms with Crippen molar-refractivity contribution in [3.63, 3.8) is 0 Å². The summed E-state index contributed by atoms with van der Waals surface area (Å²) in [5, 5.41) is 8.46. The maximum Gasteiger partial charge on any atom is 0.325 e. The average Bonchev–Trinajstić information content (AvgIpc) is 2.10. The number of carbonyl (C=O) groups is 1. The summed E-state index contributed by atoms with van der Waals surface area (Å²) in [5.74, 6) is -0.561. The molecule has 0 fully saturated rings. The fraction of sp³-hybridized carbons (Fsp3) is 0.857. The van der Waals surface area contributed by atoms with Gasteiger partial charge >= 0.3 is 5.97 Å². The second-order valence-electron chi connectivity index (χ2n) is 2.45. The van der Waals surface area contributed by atoms with Crippen molar-refractivity contribution in [3.05, 3.63) is 0 Å². The number of nitrogens with two attached hydrogens (primary N) is 2. The van der Waals surface area contributed by atoms with Crippen LogP contribution in [0.5, 0.6) is 0 Å². The highest BCUT2D eigenvalue weighted by atomic mass is 16.5. The fourth-order valence-electron chi connectivity index (χ4n) is 0.601. The number of aliphatic hydroxyl groups is 1. The molecule has 72 valence electrons. The first-order valence-electron chi connectivity index (χ1n) is 3.95. The van der Waals surface area contributed by atoms with Crippen molar-refractivity contribution in [1.82, 2.24) is 0 Å². The Hall–Kier alpha value is -0.650. The standard InChI is InChI=1S/C7H16N2O3/c8-3-1-2-4-12-7(11)6(9)5-10/h6,10H,1-5,8-9H2/t6-/m0/s1. The Balaban J connectivity index is 3.31. The van der Waals surface area contributed by atoms with Gasteiger partial charge in [-0.2, -0.15) is 0 Å². The highest BCUT2D eigenvalue weighted by molar-refractivity contribution is 5.75. The zero-order valence-electron chi connectivity index (χ0n) is 7.03. The highest BCUT2D eigenvalue weighted by Crippen LogP contribution is 1.90. The van der Waals surface area contributed by atoms with Gasteiger partial charge in [-0.25, -0.2) is 0 Å². The number of rotatable bonds is 6. The van der Waals surface area contributed by atoms with Crippen LogP contribution in [0.3, 0.4) is 0 Å². The van der Waals surface area contributed by atoms with Gasteiger partial charge in [-0.05, 0) is 19.4 Å². The van der Waals surface area contributed by atoms with Crippen molar-refractivity contribution < 1.29 is 14.6 Å². The molecule has 5 N–H and O–H groups in total. The SMILES string of the molecule is NCCCCOC(=O)[C@@H](N)CO. The summed E-state index contributed by atoms with van der Waals surface area (Å²) >= 11 is 0. The van der Waals surface area contributed by atoms with E-state index < -0.39 is 12.0 Å². The molecular weight excluding hydrogens is 160 g/mol. The molecule has 0 saturated heterocycles. The summed E-state index contributed by atoms with van der Waals surface area (Å²) in [6, 6.07) is -0.914. The molecule has 0 aromatic carbocycles. The van der Waals surface area contributed by atoms with Crippen molar-refractivity contribution in [1.29, 1.82) is 0 Å². The number of unbranched alkanes of at least 4 members (excludes halogenated alkanes) is 1. The molecule has 5 heteroatoms. The number of aliphatic hydroxyl groups excluding tert-OH is 1. The smallest absolute Gasteiger partial charge is 0.325 e. The van der Waals surface area contributed by atoms with Gasteiger partial charge in [0, 0.05) is 0 Å². The van der Waals surface area contributed by atoms with Crippen LogP contribution < -0.4 is 11.5 Å². The molecule has 12 heavy (non-hydrogen) atoms. The van der Waals surface area contributed by atoms with Crippen molar-refractivity contribution in [2.45, 2.75) is 18.9 Å². The summed E-state index contributed by atoms with van der Waals surface area (Å²) in [5.41, 5.74) is 10.4. The molecular formula is C7H16N2O3. The van der Waals surface area contributed by atoms with Gasteiger partial charge in [0.25, 0.3) is 0 Å². The van der Waals surface area contributed by atoms with E-state index in [0.29, 0.717) is 13.2 Å². The van der Waals surface area contributed by atoms with E-state index in [1.54, 1.807) is 0 Å². The van der Waals surface area contributed by atoms with Crippen LogP contribution in [0.25, 0.3) is 0 Å². The van der Waals surface area contributed by atoms with E-state index in [-0.39, 0.29) is 6.61 Å². The quantitative estimate of drug-likeness (QED) is 0.341. The maximum atomic E-state index is 10.8. The maximum absolute atomic E-state index is 10.8. The second kappa shape index (κ2) is 7.02. The molecule has 1 atom stereocenters. The minimum absolute atomic E-state index is 0.323. The number of carbonyl (C=O) groups excluding carboxylic acids is 1. The first-order valence-corrected chi connectivity index (χ1v) is 3.95. The summed E-state index contributed by atoms with van der Waals surface area (Å²) < 4.78 is 4.72. The van der Waals surface area contributed by atoms with Crippen LogP contribution in [0, 0.1) is 0 Å². The van der Waals surface area contributed by atoms with Gasteiger partial charge in [-0.3, -0.25) is 4.79 Å². The van der Waals surface area contributed by atoms with E-state index in [4.69, 9.17) is 21.3 Å². The van der Waals surface area contributed by atoms with Crippen LogP contribution in [-0.2, 0) is 9.53 Å². The van der Waals surface area contributed by atoms with E-state index in [0.717, 1.165) is 12.8 Å². The number of ether oxygens (including phenoxy) is 1. The predicted octanol–water partition coefficient (Wildman–Crippen LogP) is -1.41. The molecule has 0 rings (SSSR count). The van der Waals surface area contributed by atoms with Gasteiger partial charge in [0.15, 0.2) is 0 Å². The zero-order valence-corrected chi connectivity index (χ0v) is 7.03. The first kappa shape index (κ1) is 11.4. The fourth-order valence-corrected chi connectivity index (χ4v) is 0.601. The van der Waals surface area contributed by atoms with E-state index in [1.165, 1.54) is 0 Å². The molecule has 0 amide bonds. The van der Waals surface area contributed by atoms with Gasteiger partial charge < -0.3 is 21.3 Å². The Morgan fingerprint density at radius 1 is 1.50 bits per heavy atom. The third-order valence-electron chi connectivity index (χ3n) is 1.34. The average molecular weight is 176 g/mol. The van der Waals surface area contributed by atoms with Crippen molar-refractivity contribution >= 4 is 5.97 Å². The lowest BCUT2D eigenvalue weighted by molar-refractivity contribution is -0.146. The summed E-state index contributed by atoms with van der Waals surface area (Å²) in [6.07, 6.45) is 1.56. The third kappa shape index (κ3) is 5.06. The van der Waals surface area contributed by atoms with Crippen LogP contribution in [0.4, 0.5) is 0 Å². The Morgan fingerprint density at radius 2 is 2.17 bits per heavy atom. The number of hydrogen-bond donors (Lipinski definition) is 3. The molecule has 0 saturated carbocycles. The predicted molar refractivity (Wildman–Crippen MR) is 44.3 cm³/mol. The molecule has 0 unspecified atom stereocenters. The van der Waals surface area contributed by atoms with Crippen molar-refractivity contribution in [2.24, 2.45) is 11.5 Å². The van der Waals surface area contributed by atoms with Gasteiger partial charge in [0.2, 0.25) is 0 Å². The first-order chi connectivity index (χ1) is 5.72. The zero-order chi connectivity index (χ0) is 9.40. The minimum Gasteiger partial charge on any atom is -0.464 e. The van der Waals surface area contributed by atoms with E-state index >= 15 is 0 Å². The summed E-state index contributed by atoms with van der Waals surface area (Å²) in [6.45, 7) is 0.531. The molecule has 0 aliphatic rings. The number of esters is 1. The number of hydrogen-bond acceptors (Lipinski definition) is 5. The molecule has 5 nitrogen and oxygen atoms in total. The second-order valence-corrected chi connectivity index (χ2v) is 2.45. The molecule has 0 aromatic rings. The molecule has 0 heterocycles. The lowest BCUT2D eigenvalue weighted by Crippen LogP contribution is -2.35. The molecule has 0 spiro atoms. The largest absolute Gasteiger partial charge is 0.464 e. The van der Waals surface area contributed by atoms with Crippen molar-refractivity contribution in [3.8, 4) is 0 Å². The summed E-state index contributed by atoms with van der Waals surface area (Å²) in [7, 11) is 0. The summed E-state index contributed by atoms with van der Waals surface area (Å²) in [4.78, 5) is 10.8.